The number of imide groups is 2. The highest BCUT2D eigenvalue weighted by molar-refractivity contribution is 6.41. The summed E-state index contributed by atoms with van der Waals surface area (Å²) in [5.41, 5.74) is 1.67. The lowest BCUT2D eigenvalue weighted by atomic mass is 9.81. The third kappa shape index (κ3) is 4.96. The average Bonchev–Trinajstić information content (AvgIpc) is 3.12. The van der Waals surface area contributed by atoms with Crippen LogP contribution in [0.2, 0.25) is 0 Å². The molecule has 5 aromatic carbocycles. The van der Waals surface area contributed by atoms with Gasteiger partial charge in [-0.05, 0) is 89.2 Å². The molecule has 0 aliphatic carbocycles. The molecule has 6 heteroatoms. The monoisotopic (exact) mass is 656 g/mol. The highest BCUT2D eigenvalue weighted by Crippen LogP contribution is 2.47. The van der Waals surface area contributed by atoms with Gasteiger partial charge in [-0.15, -0.1) is 0 Å². The Hall–Kier alpha value is -4.32. The van der Waals surface area contributed by atoms with Gasteiger partial charge in [-0.2, -0.15) is 0 Å². The zero-order valence-electron chi connectivity index (χ0n) is 29.7. The van der Waals surface area contributed by atoms with Gasteiger partial charge in [0.15, 0.2) is 0 Å². The van der Waals surface area contributed by atoms with Crippen LogP contribution in [0.5, 0.6) is 0 Å². The summed E-state index contributed by atoms with van der Waals surface area (Å²) in [6.45, 7) is 10.4. The van der Waals surface area contributed by atoms with Crippen LogP contribution >= 0.6 is 0 Å². The Morgan fingerprint density at radius 2 is 0.857 bits per heavy atom. The maximum absolute atomic E-state index is 14.4. The molecule has 0 spiro atoms. The molecule has 6 nitrogen and oxygen atoms in total. The molecule has 0 atom stereocenters. The molecule has 7 rings (SSSR count). The number of nitrogens with zero attached hydrogens (tertiary/aromatic N) is 2. The molecule has 0 saturated carbocycles. The van der Waals surface area contributed by atoms with Crippen molar-refractivity contribution in [2.45, 2.75) is 123 Å². The number of carbonyl (C=O) groups is 4. The van der Waals surface area contributed by atoms with Gasteiger partial charge in [-0.1, -0.05) is 103 Å². The SMILES string of the molecule is CCCCCCC(CCCCCC)N1C(=O)c2ccc3c4ccc5c6c(ccc(c7ccc(c2c37)C1=O)c64)C(=O)N(C(C)(CC)CC)C5=O. The largest absolute Gasteiger partial charge is 0.271 e. The first kappa shape index (κ1) is 33.2. The standard InChI is InChI=1S/C43H48N2O4/c1-6-10-12-14-16-26(17-15-13-11-7-2)44-39(46)31-22-18-27-29-20-24-33-38-34(42(49)45(41(33)48)43(5,8-3)9-4)25-21-30(36(29)38)28-19-23-32(40(44)47)37(31)35(27)28/h18-26H,6-17H2,1-5H3. The Kier molecular flexibility index (Phi) is 8.71. The highest BCUT2D eigenvalue weighted by Gasteiger charge is 2.43. The molecule has 0 unspecified atom stereocenters. The smallest absolute Gasteiger partial charge is 0.261 e. The lowest BCUT2D eigenvalue weighted by Gasteiger charge is -2.41. The fourth-order valence-corrected chi connectivity index (χ4v) is 8.69. The van der Waals surface area contributed by atoms with Crippen LogP contribution in [0, 0.1) is 0 Å². The lowest BCUT2D eigenvalue weighted by Crippen LogP contribution is -2.54. The molecular formula is C43H48N2O4. The van der Waals surface area contributed by atoms with E-state index in [1.54, 1.807) is 4.90 Å². The fraction of sp³-hybridized carbons (Fsp3) is 0.442. The van der Waals surface area contributed by atoms with Crippen molar-refractivity contribution >= 4 is 66.7 Å². The summed E-state index contributed by atoms with van der Waals surface area (Å²) in [6, 6.07) is 15.4. The summed E-state index contributed by atoms with van der Waals surface area (Å²) in [4.78, 5) is 60.0. The van der Waals surface area contributed by atoms with E-state index in [1.165, 1.54) is 4.90 Å². The van der Waals surface area contributed by atoms with Gasteiger partial charge in [0.25, 0.3) is 23.6 Å². The molecule has 0 fully saturated rings. The zero-order chi connectivity index (χ0) is 34.6. The first-order chi connectivity index (χ1) is 23.7. The molecule has 2 aliphatic heterocycles. The van der Waals surface area contributed by atoms with Crippen molar-refractivity contribution in [1.29, 1.82) is 0 Å². The minimum Gasteiger partial charge on any atom is -0.271 e. The fourth-order valence-electron chi connectivity index (χ4n) is 8.69. The molecule has 4 amide bonds. The predicted octanol–water partition coefficient (Wildman–Crippen LogP) is 10.8. The Morgan fingerprint density at radius 3 is 1.20 bits per heavy atom. The van der Waals surface area contributed by atoms with E-state index in [0.29, 0.717) is 40.5 Å². The first-order valence-electron chi connectivity index (χ1n) is 18.7. The van der Waals surface area contributed by atoms with Gasteiger partial charge in [-0.3, -0.25) is 29.0 Å². The van der Waals surface area contributed by atoms with E-state index in [4.69, 9.17) is 0 Å². The summed E-state index contributed by atoms with van der Waals surface area (Å²) in [5.74, 6) is -0.892. The van der Waals surface area contributed by atoms with Crippen LogP contribution < -0.4 is 0 Å². The summed E-state index contributed by atoms with van der Waals surface area (Å²) in [5, 5.41) is 6.88. The van der Waals surface area contributed by atoms with Crippen molar-refractivity contribution in [3.63, 3.8) is 0 Å². The third-order valence-electron chi connectivity index (χ3n) is 11.9. The Balaban J connectivity index is 1.38. The first-order valence-corrected chi connectivity index (χ1v) is 18.7. The predicted molar refractivity (Wildman–Crippen MR) is 199 cm³/mol. The number of fused-ring (bicyclic) bond motifs is 2. The van der Waals surface area contributed by atoms with Gasteiger partial charge in [0, 0.05) is 44.6 Å². The maximum Gasteiger partial charge on any atom is 0.261 e. The van der Waals surface area contributed by atoms with E-state index in [9.17, 15) is 19.2 Å². The molecular weight excluding hydrogens is 608 g/mol. The molecule has 2 heterocycles. The Labute approximate surface area is 289 Å². The second kappa shape index (κ2) is 12.9. The molecule has 49 heavy (non-hydrogen) atoms. The van der Waals surface area contributed by atoms with Crippen molar-refractivity contribution in [2.75, 3.05) is 0 Å². The van der Waals surface area contributed by atoms with E-state index >= 15 is 0 Å². The van der Waals surface area contributed by atoms with Crippen LogP contribution in [0.15, 0.2) is 48.5 Å². The molecule has 0 N–H and O–H groups in total. The van der Waals surface area contributed by atoms with Crippen LogP contribution in [-0.4, -0.2) is 45.0 Å². The van der Waals surface area contributed by atoms with Crippen LogP contribution in [0.1, 0.15) is 153 Å². The minimum absolute atomic E-state index is 0.113. The van der Waals surface area contributed by atoms with Gasteiger partial charge in [0.2, 0.25) is 0 Å². The zero-order valence-corrected chi connectivity index (χ0v) is 29.7. The van der Waals surface area contributed by atoms with Gasteiger partial charge >= 0.3 is 0 Å². The second-order valence-corrected chi connectivity index (χ2v) is 14.6. The molecule has 254 valence electrons. The summed E-state index contributed by atoms with van der Waals surface area (Å²) < 4.78 is 0. The quantitative estimate of drug-likeness (QED) is 0.0516. The van der Waals surface area contributed by atoms with Gasteiger partial charge in [0.1, 0.15) is 0 Å². The molecule has 5 aromatic rings. The van der Waals surface area contributed by atoms with Crippen LogP contribution in [-0.2, 0) is 0 Å². The lowest BCUT2D eigenvalue weighted by molar-refractivity contribution is 0.0385. The second-order valence-electron chi connectivity index (χ2n) is 14.6. The maximum atomic E-state index is 14.4. The number of unbranched alkanes of at least 4 members (excludes halogenated alkanes) is 6. The van der Waals surface area contributed by atoms with Crippen molar-refractivity contribution in [3.05, 3.63) is 70.8 Å². The molecule has 2 aliphatic rings. The van der Waals surface area contributed by atoms with E-state index in [2.05, 4.69) is 13.8 Å². The van der Waals surface area contributed by atoms with Crippen molar-refractivity contribution in [1.82, 2.24) is 9.80 Å². The number of hydrogen-bond donors (Lipinski definition) is 0. The van der Waals surface area contributed by atoms with E-state index in [1.807, 2.05) is 69.3 Å². The number of hydrogen-bond acceptors (Lipinski definition) is 4. The topological polar surface area (TPSA) is 74.8 Å². The average molecular weight is 657 g/mol. The molecule has 0 saturated heterocycles. The third-order valence-corrected chi connectivity index (χ3v) is 11.9. The highest BCUT2D eigenvalue weighted by atomic mass is 16.2. The molecule has 0 bridgehead atoms. The Morgan fingerprint density at radius 1 is 0.490 bits per heavy atom. The van der Waals surface area contributed by atoms with Gasteiger partial charge in [0.05, 0.1) is 0 Å². The van der Waals surface area contributed by atoms with Crippen molar-refractivity contribution in [3.8, 4) is 0 Å². The summed E-state index contributed by atoms with van der Waals surface area (Å²) in [6.07, 6.45) is 11.8. The Bertz CT molecular complexity index is 2010. The molecule has 0 radical (unpaired) electrons. The van der Waals surface area contributed by atoms with Gasteiger partial charge in [-0.25, -0.2) is 0 Å². The summed E-state index contributed by atoms with van der Waals surface area (Å²) in [7, 11) is 0. The summed E-state index contributed by atoms with van der Waals surface area (Å²) >= 11 is 0. The van der Waals surface area contributed by atoms with Crippen LogP contribution in [0.3, 0.4) is 0 Å². The van der Waals surface area contributed by atoms with E-state index in [-0.39, 0.29) is 29.7 Å². The number of amides is 4. The minimum atomic E-state index is -0.581. The number of carbonyl (C=O) groups excluding carboxylic acids is 4. The van der Waals surface area contributed by atoms with Crippen molar-refractivity contribution in [2.24, 2.45) is 0 Å². The van der Waals surface area contributed by atoms with Crippen LogP contribution in [0.4, 0.5) is 0 Å². The van der Waals surface area contributed by atoms with E-state index < -0.39 is 5.54 Å². The van der Waals surface area contributed by atoms with Gasteiger partial charge < -0.3 is 0 Å². The molecule has 0 aromatic heterocycles. The normalized spacial score (nSPS) is 15.1. The number of benzene rings is 5. The number of rotatable bonds is 14. The van der Waals surface area contributed by atoms with Crippen LogP contribution in [0.25, 0.3) is 43.1 Å². The van der Waals surface area contributed by atoms with Crippen molar-refractivity contribution < 1.29 is 19.2 Å². The van der Waals surface area contributed by atoms with E-state index in [0.717, 1.165) is 102 Å².